The molecule has 2 aromatic rings. The summed E-state index contributed by atoms with van der Waals surface area (Å²) in [5.41, 5.74) is -2.20. The molecule has 0 aromatic heterocycles. The van der Waals surface area contributed by atoms with Gasteiger partial charge in [0.2, 0.25) is 6.41 Å². The van der Waals surface area contributed by atoms with Crippen LogP contribution in [-0.2, 0) is 17.1 Å². The Bertz CT molecular complexity index is 1450. The normalized spacial score (nSPS) is 28.7. The zero-order chi connectivity index (χ0) is 36.2. The lowest BCUT2D eigenvalue weighted by Gasteiger charge is -2.49. The van der Waals surface area contributed by atoms with Crippen LogP contribution in [0.3, 0.4) is 0 Å². The molecular weight excluding hydrogens is 722 g/mol. The number of amides is 1. The van der Waals surface area contributed by atoms with E-state index in [4.69, 9.17) is 0 Å². The number of hydrogen-bond acceptors (Lipinski definition) is 7. The summed E-state index contributed by atoms with van der Waals surface area (Å²) in [6, 6.07) is 8.98. The third-order valence-electron chi connectivity index (χ3n) is 11.9. The smallest absolute Gasteiger partial charge is 0.369 e. The predicted octanol–water partition coefficient (Wildman–Crippen LogP) is 4.79. The van der Waals surface area contributed by atoms with Gasteiger partial charge >= 0.3 is 12.4 Å². The lowest BCUT2D eigenvalue weighted by molar-refractivity contribution is -0.147. The number of alkyl halides is 8. The van der Waals surface area contributed by atoms with Crippen molar-refractivity contribution in [2.24, 2.45) is 0 Å². The number of carbonyl (C=O) groups is 1. The first-order valence-electron chi connectivity index (χ1n) is 17.6. The number of hydrogen-bond donors (Lipinski definition) is 2. The molecule has 2 N–H and O–H groups in total. The molecule has 7 rings (SSSR count). The largest absolute Gasteiger partial charge is 0.416 e. The van der Waals surface area contributed by atoms with Crippen molar-refractivity contribution < 1.29 is 39.9 Å². The molecule has 5 fully saturated rings. The quantitative estimate of drug-likeness (QED) is 0.311. The van der Waals surface area contributed by atoms with Gasteiger partial charge in [-0.05, 0) is 49.2 Å². The number of rotatable bonds is 7. The lowest BCUT2D eigenvalue weighted by atomic mass is 9.75. The maximum atomic E-state index is 16.4. The first kappa shape index (κ1) is 38.8. The van der Waals surface area contributed by atoms with Crippen LogP contribution in [0.2, 0.25) is 0 Å². The van der Waals surface area contributed by atoms with Crippen LogP contribution in [0.15, 0.2) is 48.5 Å². The average Bonchev–Trinajstić information content (AvgIpc) is 3.86. The number of anilines is 2. The monoisotopic (exact) mass is 765 g/mol. The molecule has 288 valence electrons. The van der Waals surface area contributed by atoms with Crippen LogP contribution in [0, 0.1) is 0 Å². The molecule has 52 heavy (non-hydrogen) atoms. The number of nitrogens with zero attached hydrogens (tertiary/aromatic N) is 5. The van der Waals surface area contributed by atoms with E-state index in [0.717, 1.165) is 24.3 Å². The Kier molecular flexibility index (Phi) is 11.0. The lowest BCUT2D eigenvalue weighted by Crippen LogP contribution is -2.72. The summed E-state index contributed by atoms with van der Waals surface area (Å²) in [7, 11) is 0. The van der Waals surface area contributed by atoms with Gasteiger partial charge in [0, 0.05) is 114 Å². The van der Waals surface area contributed by atoms with E-state index in [9.17, 15) is 31.1 Å². The summed E-state index contributed by atoms with van der Waals surface area (Å²) in [6.07, 6.45) is -7.98. The van der Waals surface area contributed by atoms with Crippen molar-refractivity contribution >= 4 is 30.2 Å². The van der Waals surface area contributed by atoms with Crippen molar-refractivity contribution in [2.75, 3.05) is 81.8 Å². The number of nitrogens with one attached hydrogen (secondary N) is 2. The standard InChI is InChI=1S/C35H43F8N7O.ClH/c36-32(37)7-8-50(23-51)33(32,30-19-28(21-44-30)48-13-9-46(10-14-48)26-5-1-3-24(17-26)34(38,39)40)31-20-29(22-45-31)49-15-11-47(12-16-49)27-6-2-4-25(18-27)35(41,42)43;/h1-6,17-18,23,28-31,44-45H,7-16,19-22H2;1H/t28-,29-,30-,31-;/m0./s1. The first-order chi connectivity index (χ1) is 24.2. The van der Waals surface area contributed by atoms with Crippen molar-refractivity contribution in [3.05, 3.63) is 59.7 Å². The molecule has 5 aliphatic heterocycles. The Morgan fingerprint density at radius 1 is 0.654 bits per heavy atom. The van der Waals surface area contributed by atoms with E-state index < -0.39 is 53.4 Å². The second-order valence-corrected chi connectivity index (χ2v) is 14.4. The van der Waals surface area contributed by atoms with Gasteiger partial charge in [-0.2, -0.15) is 26.3 Å². The summed E-state index contributed by atoms with van der Waals surface area (Å²) in [5.74, 6) is -3.17. The Balaban J connectivity index is 0.00000464. The van der Waals surface area contributed by atoms with E-state index in [-0.39, 0.29) is 31.0 Å². The fraction of sp³-hybridized carbons (Fsp3) is 0.629. The van der Waals surface area contributed by atoms with Gasteiger partial charge in [-0.25, -0.2) is 8.78 Å². The van der Waals surface area contributed by atoms with Crippen LogP contribution >= 0.6 is 12.4 Å². The molecule has 0 unspecified atom stereocenters. The number of benzene rings is 2. The molecule has 0 radical (unpaired) electrons. The SMILES string of the molecule is Cl.O=CN1CCC(F)(F)C1([C@@H]1C[C@H](N2CCN(c3cccc(C(F)(F)F)c3)CC2)CN1)[C@@H]1C[C@H](N2CCN(c3cccc(C(F)(F)F)c3)CC2)CN1. The van der Waals surface area contributed by atoms with Gasteiger partial charge in [0.15, 0.2) is 0 Å². The molecule has 0 spiro atoms. The summed E-state index contributed by atoms with van der Waals surface area (Å²) >= 11 is 0. The molecule has 1 amide bonds. The van der Waals surface area contributed by atoms with Gasteiger partial charge in [-0.3, -0.25) is 14.6 Å². The van der Waals surface area contributed by atoms with E-state index in [0.29, 0.717) is 96.1 Å². The molecule has 5 aliphatic rings. The van der Waals surface area contributed by atoms with Crippen LogP contribution < -0.4 is 20.4 Å². The second kappa shape index (κ2) is 14.7. The fourth-order valence-electron chi connectivity index (χ4n) is 9.26. The van der Waals surface area contributed by atoms with Crippen LogP contribution in [0.5, 0.6) is 0 Å². The highest BCUT2D eigenvalue weighted by molar-refractivity contribution is 5.85. The Morgan fingerprint density at radius 2 is 1.08 bits per heavy atom. The van der Waals surface area contributed by atoms with E-state index in [1.807, 2.05) is 9.80 Å². The van der Waals surface area contributed by atoms with Gasteiger partial charge in [-0.1, -0.05) is 12.1 Å². The molecule has 5 heterocycles. The highest BCUT2D eigenvalue weighted by Gasteiger charge is 2.70. The van der Waals surface area contributed by atoms with Gasteiger partial charge in [0.25, 0.3) is 5.92 Å². The van der Waals surface area contributed by atoms with Crippen molar-refractivity contribution in [2.45, 2.75) is 67.2 Å². The van der Waals surface area contributed by atoms with Crippen molar-refractivity contribution in [1.82, 2.24) is 25.3 Å². The Labute approximate surface area is 303 Å². The summed E-state index contributed by atoms with van der Waals surface area (Å²) < 4.78 is 113. The molecule has 5 saturated heterocycles. The predicted molar refractivity (Wildman–Crippen MR) is 183 cm³/mol. The summed E-state index contributed by atoms with van der Waals surface area (Å²) in [6.45, 7) is 5.08. The highest BCUT2D eigenvalue weighted by atomic mass is 35.5. The van der Waals surface area contributed by atoms with Gasteiger partial charge in [0.1, 0.15) is 5.54 Å². The second-order valence-electron chi connectivity index (χ2n) is 14.4. The molecule has 2 aromatic carbocycles. The minimum absolute atomic E-state index is 0. The third-order valence-corrected chi connectivity index (χ3v) is 11.9. The number of likely N-dealkylation sites (tertiary alicyclic amines) is 1. The summed E-state index contributed by atoms with van der Waals surface area (Å²) in [4.78, 5) is 22.0. The molecule has 0 aliphatic carbocycles. The topological polar surface area (TPSA) is 57.3 Å². The van der Waals surface area contributed by atoms with Crippen LogP contribution in [0.1, 0.15) is 30.4 Å². The average molecular weight is 766 g/mol. The first-order valence-corrected chi connectivity index (χ1v) is 17.6. The van der Waals surface area contributed by atoms with Crippen molar-refractivity contribution in [3.63, 3.8) is 0 Å². The van der Waals surface area contributed by atoms with E-state index >= 15 is 8.78 Å². The highest BCUT2D eigenvalue weighted by Crippen LogP contribution is 2.51. The molecule has 0 bridgehead atoms. The molecule has 4 atom stereocenters. The van der Waals surface area contributed by atoms with Gasteiger partial charge in [0.05, 0.1) is 11.1 Å². The van der Waals surface area contributed by atoms with E-state index in [1.165, 1.54) is 17.0 Å². The third kappa shape index (κ3) is 7.17. The van der Waals surface area contributed by atoms with Gasteiger partial charge < -0.3 is 25.3 Å². The van der Waals surface area contributed by atoms with Crippen molar-refractivity contribution in [3.8, 4) is 0 Å². The Hall–Kier alpha value is -2.92. The molecular formula is C35H44ClF8N7O. The number of halogens is 9. The maximum absolute atomic E-state index is 16.4. The van der Waals surface area contributed by atoms with E-state index in [1.54, 1.807) is 12.1 Å². The summed E-state index contributed by atoms with van der Waals surface area (Å²) in [5, 5.41) is 6.77. The molecule has 0 saturated carbocycles. The number of carbonyl (C=O) groups excluding carboxylic acids is 1. The maximum Gasteiger partial charge on any atom is 0.416 e. The zero-order valence-corrected chi connectivity index (χ0v) is 29.3. The van der Waals surface area contributed by atoms with Gasteiger partial charge in [-0.15, -0.1) is 12.4 Å². The Morgan fingerprint density at radius 3 is 1.46 bits per heavy atom. The fourth-order valence-corrected chi connectivity index (χ4v) is 9.26. The number of piperazine rings is 2. The minimum atomic E-state index is -4.44. The van der Waals surface area contributed by atoms with E-state index in [2.05, 4.69) is 20.4 Å². The zero-order valence-electron chi connectivity index (χ0n) is 28.5. The van der Waals surface area contributed by atoms with Crippen LogP contribution in [0.25, 0.3) is 0 Å². The van der Waals surface area contributed by atoms with Crippen LogP contribution in [0.4, 0.5) is 46.5 Å². The minimum Gasteiger partial charge on any atom is -0.369 e. The van der Waals surface area contributed by atoms with Crippen molar-refractivity contribution in [1.29, 1.82) is 0 Å². The van der Waals surface area contributed by atoms with Crippen LogP contribution in [-0.4, -0.2) is 129 Å². The molecule has 8 nitrogen and oxygen atoms in total. The molecule has 17 heteroatoms.